The highest BCUT2D eigenvalue weighted by molar-refractivity contribution is 7.99. The molecule has 4 rings (SSSR count). The molecular formula is C24H26N4O3S. The Morgan fingerprint density at radius 2 is 1.91 bits per heavy atom. The lowest BCUT2D eigenvalue weighted by Gasteiger charge is -2.14. The molecule has 166 valence electrons. The van der Waals surface area contributed by atoms with E-state index in [0.717, 1.165) is 53.8 Å². The lowest BCUT2D eigenvalue weighted by atomic mass is 10.1. The van der Waals surface area contributed by atoms with Gasteiger partial charge in [0.2, 0.25) is 5.91 Å². The summed E-state index contributed by atoms with van der Waals surface area (Å²) in [6.45, 7) is 1.05. The highest BCUT2D eigenvalue weighted by atomic mass is 32.2. The van der Waals surface area contributed by atoms with Crippen LogP contribution in [0.4, 0.5) is 0 Å². The fourth-order valence-electron chi connectivity index (χ4n) is 3.86. The number of fused-ring (bicyclic) bond motifs is 1. The molecule has 0 saturated carbocycles. The van der Waals surface area contributed by atoms with E-state index in [1.807, 2.05) is 36.4 Å². The van der Waals surface area contributed by atoms with E-state index in [2.05, 4.69) is 15.3 Å². The number of ether oxygens (including phenoxy) is 1. The number of nitrogens with one attached hydrogen (secondary N) is 1. The molecular weight excluding hydrogens is 424 g/mol. The zero-order chi connectivity index (χ0) is 22.3. The van der Waals surface area contributed by atoms with E-state index in [-0.39, 0.29) is 17.3 Å². The average molecular weight is 451 g/mol. The Morgan fingerprint density at radius 3 is 2.66 bits per heavy atom. The first-order chi connectivity index (χ1) is 15.6. The van der Waals surface area contributed by atoms with Gasteiger partial charge < -0.3 is 10.1 Å². The molecule has 1 aliphatic rings. The van der Waals surface area contributed by atoms with Crippen LogP contribution in [-0.2, 0) is 30.6 Å². The highest BCUT2D eigenvalue weighted by Gasteiger charge is 2.22. The van der Waals surface area contributed by atoms with Gasteiger partial charge in [-0.3, -0.25) is 14.3 Å². The van der Waals surface area contributed by atoms with Crippen LogP contribution in [0.25, 0.3) is 0 Å². The van der Waals surface area contributed by atoms with Crippen molar-refractivity contribution in [3.05, 3.63) is 81.7 Å². The van der Waals surface area contributed by atoms with Gasteiger partial charge in [-0.15, -0.1) is 0 Å². The van der Waals surface area contributed by atoms with Gasteiger partial charge in [-0.2, -0.15) is 4.98 Å². The summed E-state index contributed by atoms with van der Waals surface area (Å²) >= 11 is 1.35. The third-order valence-corrected chi connectivity index (χ3v) is 6.54. The first-order valence-electron chi connectivity index (χ1n) is 10.7. The van der Waals surface area contributed by atoms with Gasteiger partial charge in [0.15, 0.2) is 0 Å². The zero-order valence-corrected chi connectivity index (χ0v) is 18.9. The molecule has 8 heteroatoms. The van der Waals surface area contributed by atoms with Crippen LogP contribution in [-0.4, -0.2) is 39.8 Å². The summed E-state index contributed by atoms with van der Waals surface area (Å²) in [7, 11) is 1.64. The number of amides is 1. The summed E-state index contributed by atoms with van der Waals surface area (Å²) in [5.41, 5.74) is 4.05. The normalized spacial score (nSPS) is 12.4. The van der Waals surface area contributed by atoms with E-state index in [4.69, 9.17) is 4.74 Å². The zero-order valence-electron chi connectivity index (χ0n) is 18.0. The van der Waals surface area contributed by atoms with Gasteiger partial charge in [-0.1, -0.05) is 23.9 Å². The minimum atomic E-state index is -0.259. The molecule has 0 unspecified atom stereocenters. The summed E-state index contributed by atoms with van der Waals surface area (Å²) in [4.78, 5) is 33.4. The minimum Gasteiger partial charge on any atom is -0.497 e. The van der Waals surface area contributed by atoms with Crippen molar-refractivity contribution in [2.75, 3.05) is 19.4 Å². The van der Waals surface area contributed by atoms with Crippen molar-refractivity contribution in [3.8, 4) is 5.75 Å². The number of hydrogen-bond acceptors (Lipinski definition) is 6. The number of benzene rings is 1. The average Bonchev–Trinajstić information content (AvgIpc) is 3.31. The topological polar surface area (TPSA) is 86.1 Å². The van der Waals surface area contributed by atoms with Crippen LogP contribution < -0.4 is 15.7 Å². The van der Waals surface area contributed by atoms with E-state index < -0.39 is 0 Å². The molecule has 1 aromatic carbocycles. The van der Waals surface area contributed by atoms with Gasteiger partial charge in [-0.25, -0.2) is 4.79 Å². The molecule has 3 aromatic rings. The van der Waals surface area contributed by atoms with Crippen LogP contribution in [0.3, 0.4) is 0 Å². The largest absolute Gasteiger partial charge is 0.497 e. The van der Waals surface area contributed by atoms with Gasteiger partial charge >= 0.3 is 5.69 Å². The van der Waals surface area contributed by atoms with Crippen LogP contribution in [0.5, 0.6) is 5.75 Å². The maximum atomic E-state index is 12.7. The monoisotopic (exact) mass is 450 g/mol. The number of methoxy groups -OCH3 is 1. The molecule has 7 nitrogen and oxygen atoms in total. The lowest BCUT2D eigenvalue weighted by molar-refractivity contribution is -0.118. The van der Waals surface area contributed by atoms with Crippen molar-refractivity contribution in [1.29, 1.82) is 0 Å². The van der Waals surface area contributed by atoms with Crippen LogP contribution in [0.2, 0.25) is 0 Å². The lowest BCUT2D eigenvalue weighted by Crippen LogP contribution is -2.29. The molecule has 0 atom stereocenters. The standard InChI is InChI=1S/C24H26N4O3S/c1-31-19-7-5-17(6-8-19)11-14-26-22(29)16-32-23-20-3-2-4-21(20)28(24(30)27-23)15-18-9-12-25-13-10-18/h5-10,12-13H,2-4,11,14-16H2,1H3,(H,26,29). The van der Waals surface area contributed by atoms with Crippen molar-refractivity contribution in [3.63, 3.8) is 0 Å². The van der Waals surface area contributed by atoms with Crippen LogP contribution in [0.1, 0.15) is 28.8 Å². The first kappa shape index (κ1) is 22.1. The van der Waals surface area contributed by atoms with E-state index in [0.29, 0.717) is 18.1 Å². The second-order valence-electron chi connectivity index (χ2n) is 7.66. The van der Waals surface area contributed by atoms with Crippen molar-refractivity contribution in [2.45, 2.75) is 37.3 Å². The maximum absolute atomic E-state index is 12.7. The summed E-state index contributed by atoms with van der Waals surface area (Å²) in [6.07, 6.45) is 6.95. The number of aromatic nitrogens is 3. The third kappa shape index (κ3) is 5.37. The van der Waals surface area contributed by atoms with Gasteiger partial charge in [0, 0.05) is 30.2 Å². The second-order valence-corrected chi connectivity index (χ2v) is 8.62. The third-order valence-electron chi connectivity index (χ3n) is 5.53. The number of thioether (sulfide) groups is 1. The number of nitrogens with zero attached hydrogens (tertiary/aromatic N) is 3. The summed E-state index contributed by atoms with van der Waals surface area (Å²) in [5.74, 6) is 1.01. The van der Waals surface area contributed by atoms with Crippen LogP contribution >= 0.6 is 11.8 Å². The molecule has 2 aromatic heterocycles. The minimum absolute atomic E-state index is 0.0574. The highest BCUT2D eigenvalue weighted by Crippen LogP contribution is 2.29. The maximum Gasteiger partial charge on any atom is 0.349 e. The Labute approximate surface area is 191 Å². The molecule has 32 heavy (non-hydrogen) atoms. The van der Waals surface area contributed by atoms with Crippen molar-refractivity contribution >= 4 is 17.7 Å². The molecule has 0 aliphatic heterocycles. The Hall–Kier alpha value is -3.13. The van der Waals surface area contributed by atoms with Crippen molar-refractivity contribution < 1.29 is 9.53 Å². The van der Waals surface area contributed by atoms with E-state index in [9.17, 15) is 9.59 Å². The summed E-state index contributed by atoms with van der Waals surface area (Å²) < 4.78 is 6.92. The number of carbonyl (C=O) groups is 1. The van der Waals surface area contributed by atoms with Gasteiger partial charge in [0.1, 0.15) is 10.8 Å². The second kappa shape index (κ2) is 10.5. The predicted molar refractivity (Wildman–Crippen MR) is 124 cm³/mol. The number of carbonyl (C=O) groups excluding carboxylic acids is 1. The molecule has 1 amide bonds. The Morgan fingerprint density at radius 1 is 1.12 bits per heavy atom. The van der Waals surface area contributed by atoms with Crippen molar-refractivity contribution in [1.82, 2.24) is 19.9 Å². The van der Waals surface area contributed by atoms with Gasteiger partial charge in [0.05, 0.1) is 19.4 Å². The molecule has 0 spiro atoms. The smallest absolute Gasteiger partial charge is 0.349 e. The molecule has 0 saturated heterocycles. The Balaban J connectivity index is 1.35. The fraction of sp³-hybridized carbons (Fsp3) is 0.333. The number of rotatable bonds is 9. The quantitative estimate of drug-likeness (QED) is 0.398. The predicted octanol–water partition coefficient (Wildman–Crippen LogP) is 2.63. The van der Waals surface area contributed by atoms with Crippen LogP contribution in [0.15, 0.2) is 58.6 Å². The van der Waals surface area contributed by atoms with Crippen LogP contribution in [0, 0.1) is 0 Å². The molecule has 0 fully saturated rings. The van der Waals surface area contributed by atoms with E-state index in [1.54, 1.807) is 24.1 Å². The number of hydrogen-bond donors (Lipinski definition) is 1. The van der Waals surface area contributed by atoms with Gasteiger partial charge in [0.25, 0.3) is 0 Å². The molecule has 1 N–H and O–H groups in total. The summed E-state index contributed by atoms with van der Waals surface area (Å²) in [6, 6.07) is 11.6. The fourth-order valence-corrected chi connectivity index (χ4v) is 4.77. The van der Waals surface area contributed by atoms with Gasteiger partial charge in [-0.05, 0) is 61.1 Å². The number of pyridine rings is 1. The molecule has 1 aliphatic carbocycles. The van der Waals surface area contributed by atoms with Crippen molar-refractivity contribution in [2.24, 2.45) is 0 Å². The van der Waals surface area contributed by atoms with E-state index >= 15 is 0 Å². The Bertz CT molecular complexity index is 1130. The summed E-state index contributed by atoms with van der Waals surface area (Å²) in [5, 5.41) is 3.64. The first-order valence-corrected chi connectivity index (χ1v) is 11.7. The molecule has 2 heterocycles. The van der Waals surface area contributed by atoms with E-state index in [1.165, 1.54) is 11.8 Å². The Kier molecular flexibility index (Phi) is 7.21. The molecule has 0 radical (unpaired) electrons. The SMILES string of the molecule is COc1ccc(CCNC(=O)CSc2nc(=O)n(Cc3ccncc3)c3c2CCC3)cc1. The molecule has 0 bridgehead atoms.